The van der Waals surface area contributed by atoms with Crippen molar-refractivity contribution in [3.05, 3.63) is 35.4 Å². The van der Waals surface area contributed by atoms with E-state index in [1.807, 2.05) is 0 Å². The quantitative estimate of drug-likeness (QED) is 0.240. The monoisotopic (exact) mass is 400 g/mol. The Labute approximate surface area is 149 Å². The lowest BCUT2D eigenvalue weighted by Crippen LogP contribution is -2.13. The summed E-state index contributed by atoms with van der Waals surface area (Å²) in [4.78, 5) is -1.93. The normalized spacial score (nSPS) is 12.5. The number of nitrogen functional groups attached to an aromatic ring is 4. The molecule has 26 heavy (non-hydrogen) atoms. The minimum Gasteiger partial charge on any atom is -0.399 e. The molecule has 0 saturated heterocycles. The molecule has 0 atom stereocenters. The molecule has 0 aliphatic rings. The van der Waals surface area contributed by atoms with Gasteiger partial charge in [0.05, 0.1) is 11.4 Å². The Morgan fingerprint density at radius 3 is 1.85 bits per heavy atom. The third-order valence-corrected chi connectivity index (χ3v) is 5.29. The zero-order chi connectivity index (χ0) is 19.9. The maximum atomic E-state index is 11.5. The molecular weight excluding hydrogens is 384 g/mol. The van der Waals surface area contributed by atoms with E-state index in [4.69, 9.17) is 22.9 Å². The number of benzene rings is 2. The highest BCUT2D eigenvalue weighted by Gasteiger charge is 2.27. The Balaban J connectivity index is 2.75. The van der Waals surface area contributed by atoms with Gasteiger partial charge >= 0.3 is 0 Å². The molecule has 0 aliphatic carbocycles. The standard InChI is InChI=1S/C14H16N4O6S2/c15-9-4-3-7(10(16)6-9)1-2-8-5-11(25(19,20)21)13(18)14(12(8)17)26(22,23)24/h1-6H,15-18H2,(H,19,20,21)(H,22,23,24). The first-order chi connectivity index (χ1) is 11.8. The number of hydrogen-bond donors (Lipinski definition) is 6. The van der Waals surface area contributed by atoms with Crippen LogP contribution in [0.2, 0.25) is 0 Å². The van der Waals surface area contributed by atoms with Gasteiger partial charge in [0.25, 0.3) is 20.2 Å². The van der Waals surface area contributed by atoms with Crippen molar-refractivity contribution in [1.82, 2.24) is 0 Å². The van der Waals surface area contributed by atoms with Crippen molar-refractivity contribution in [1.29, 1.82) is 0 Å². The van der Waals surface area contributed by atoms with Crippen molar-refractivity contribution in [3.8, 4) is 0 Å². The first-order valence-corrected chi connectivity index (χ1v) is 9.70. The van der Waals surface area contributed by atoms with Crippen LogP contribution in [0.5, 0.6) is 0 Å². The molecule has 2 aromatic rings. The van der Waals surface area contributed by atoms with E-state index in [9.17, 15) is 25.9 Å². The number of anilines is 4. The summed E-state index contributed by atoms with van der Waals surface area (Å²) in [6.07, 6.45) is 2.66. The van der Waals surface area contributed by atoms with E-state index in [0.717, 1.165) is 6.07 Å². The van der Waals surface area contributed by atoms with Crippen LogP contribution in [-0.4, -0.2) is 25.9 Å². The van der Waals surface area contributed by atoms with E-state index < -0.39 is 41.4 Å². The summed E-state index contributed by atoms with van der Waals surface area (Å²) in [7, 11) is -9.85. The second-order valence-electron chi connectivity index (χ2n) is 5.29. The molecule has 0 aromatic heterocycles. The summed E-state index contributed by atoms with van der Waals surface area (Å²) in [5, 5.41) is 0. The van der Waals surface area contributed by atoms with Gasteiger partial charge in [-0.05, 0) is 23.8 Å². The van der Waals surface area contributed by atoms with Crippen LogP contribution in [0, 0.1) is 0 Å². The molecule has 0 amide bonds. The predicted octanol–water partition coefficient (Wildman–Crippen LogP) is 0.679. The Hall–Kier alpha value is -2.80. The van der Waals surface area contributed by atoms with Crippen molar-refractivity contribution >= 4 is 55.1 Å². The lowest BCUT2D eigenvalue weighted by Gasteiger charge is -2.13. The van der Waals surface area contributed by atoms with Gasteiger partial charge in [0.2, 0.25) is 0 Å². The Kier molecular flexibility index (Phi) is 4.88. The fraction of sp³-hybridized carbons (Fsp3) is 0. The van der Waals surface area contributed by atoms with Crippen LogP contribution < -0.4 is 22.9 Å². The fourth-order valence-corrected chi connectivity index (χ4v) is 3.74. The maximum Gasteiger partial charge on any atom is 0.298 e. The van der Waals surface area contributed by atoms with Crippen LogP contribution in [0.4, 0.5) is 22.7 Å². The van der Waals surface area contributed by atoms with Crippen LogP contribution in [0.25, 0.3) is 12.2 Å². The maximum absolute atomic E-state index is 11.5. The minimum absolute atomic E-state index is 0.129. The van der Waals surface area contributed by atoms with E-state index in [1.165, 1.54) is 18.2 Å². The number of hydrogen-bond acceptors (Lipinski definition) is 8. The molecule has 0 aliphatic heterocycles. The third-order valence-electron chi connectivity index (χ3n) is 3.44. The molecule has 0 spiro atoms. The minimum atomic E-state index is -4.97. The van der Waals surface area contributed by atoms with Crippen LogP contribution >= 0.6 is 0 Å². The lowest BCUT2D eigenvalue weighted by atomic mass is 10.1. The molecule has 0 unspecified atom stereocenters. The number of rotatable bonds is 4. The Bertz CT molecular complexity index is 1120. The summed E-state index contributed by atoms with van der Waals surface area (Å²) < 4.78 is 64.5. The molecule has 140 valence electrons. The SMILES string of the molecule is Nc1ccc(C=Cc2cc(S(=O)(=O)O)c(N)c(S(=O)(=O)O)c2N)c(N)c1. The third kappa shape index (κ3) is 3.88. The highest BCUT2D eigenvalue weighted by molar-refractivity contribution is 7.87. The molecule has 0 radical (unpaired) electrons. The van der Waals surface area contributed by atoms with Crippen molar-refractivity contribution in [3.63, 3.8) is 0 Å². The molecule has 0 saturated carbocycles. The summed E-state index contributed by atoms with van der Waals surface area (Å²) in [5.41, 5.74) is 22.2. The van der Waals surface area contributed by atoms with Gasteiger partial charge in [-0.15, -0.1) is 0 Å². The topological polar surface area (TPSA) is 213 Å². The second-order valence-corrected chi connectivity index (χ2v) is 8.04. The Morgan fingerprint density at radius 2 is 1.35 bits per heavy atom. The van der Waals surface area contributed by atoms with Gasteiger partial charge in [-0.2, -0.15) is 16.8 Å². The van der Waals surface area contributed by atoms with E-state index in [2.05, 4.69) is 0 Å². The Morgan fingerprint density at radius 1 is 0.769 bits per heavy atom. The smallest absolute Gasteiger partial charge is 0.298 e. The van der Waals surface area contributed by atoms with E-state index in [0.29, 0.717) is 16.9 Å². The van der Waals surface area contributed by atoms with E-state index in [-0.39, 0.29) is 5.56 Å². The summed E-state index contributed by atoms with van der Waals surface area (Å²) >= 11 is 0. The molecule has 10 N–H and O–H groups in total. The molecule has 12 heteroatoms. The van der Waals surface area contributed by atoms with Gasteiger partial charge in [0, 0.05) is 16.9 Å². The summed E-state index contributed by atoms with van der Waals surface area (Å²) in [6, 6.07) is 5.50. The van der Waals surface area contributed by atoms with Crippen molar-refractivity contribution in [2.75, 3.05) is 22.9 Å². The van der Waals surface area contributed by atoms with Crippen molar-refractivity contribution in [2.45, 2.75) is 9.79 Å². The first-order valence-electron chi connectivity index (χ1n) is 6.82. The molecule has 2 rings (SSSR count). The highest BCUT2D eigenvalue weighted by atomic mass is 32.2. The fourth-order valence-electron chi connectivity index (χ4n) is 2.24. The summed E-state index contributed by atoms with van der Waals surface area (Å²) in [5.74, 6) is 0. The van der Waals surface area contributed by atoms with Gasteiger partial charge in [-0.3, -0.25) is 9.11 Å². The summed E-state index contributed by atoms with van der Waals surface area (Å²) in [6.45, 7) is 0. The van der Waals surface area contributed by atoms with Crippen LogP contribution in [-0.2, 0) is 20.2 Å². The van der Waals surface area contributed by atoms with Crippen LogP contribution in [0.3, 0.4) is 0 Å². The van der Waals surface area contributed by atoms with E-state index in [1.54, 1.807) is 12.1 Å². The molecule has 0 bridgehead atoms. The second kappa shape index (κ2) is 6.49. The molecule has 2 aromatic carbocycles. The first kappa shape index (κ1) is 19.5. The lowest BCUT2D eigenvalue weighted by molar-refractivity contribution is 0.482. The van der Waals surface area contributed by atoms with Crippen molar-refractivity contribution in [2.24, 2.45) is 0 Å². The average molecular weight is 400 g/mol. The van der Waals surface area contributed by atoms with Gasteiger partial charge in [-0.1, -0.05) is 18.2 Å². The average Bonchev–Trinajstić information content (AvgIpc) is 2.45. The van der Waals surface area contributed by atoms with Gasteiger partial charge in [0.1, 0.15) is 9.79 Å². The van der Waals surface area contributed by atoms with Gasteiger partial charge in [0.15, 0.2) is 0 Å². The molecular formula is C14H16N4O6S2. The number of nitrogens with two attached hydrogens (primary N) is 4. The zero-order valence-corrected chi connectivity index (χ0v) is 14.8. The van der Waals surface area contributed by atoms with Gasteiger partial charge < -0.3 is 22.9 Å². The van der Waals surface area contributed by atoms with E-state index >= 15 is 0 Å². The molecule has 10 nitrogen and oxygen atoms in total. The predicted molar refractivity (Wildman–Crippen MR) is 99.1 cm³/mol. The van der Waals surface area contributed by atoms with Crippen molar-refractivity contribution < 1.29 is 25.9 Å². The van der Waals surface area contributed by atoms with Gasteiger partial charge in [-0.25, -0.2) is 0 Å². The zero-order valence-electron chi connectivity index (χ0n) is 13.1. The molecule has 0 heterocycles. The molecule has 0 fully saturated rings. The highest BCUT2D eigenvalue weighted by Crippen LogP contribution is 2.35. The van der Waals surface area contributed by atoms with Crippen LogP contribution in [0.15, 0.2) is 34.1 Å². The largest absolute Gasteiger partial charge is 0.399 e. The van der Waals surface area contributed by atoms with Crippen LogP contribution in [0.1, 0.15) is 11.1 Å².